The van der Waals surface area contributed by atoms with Crippen LogP contribution in [0.25, 0.3) is 0 Å². The molecule has 13 heteroatoms. The lowest BCUT2D eigenvalue weighted by atomic mass is 10.3. The Morgan fingerprint density at radius 3 is 1.31 bits per heavy atom. The van der Waals surface area contributed by atoms with Crippen molar-refractivity contribution < 1.29 is 33.5 Å². The first-order chi connectivity index (χ1) is 13.4. The van der Waals surface area contributed by atoms with Gasteiger partial charge in [-0.3, -0.25) is 9.59 Å². The van der Waals surface area contributed by atoms with Crippen molar-refractivity contribution in [3.8, 4) is 0 Å². The summed E-state index contributed by atoms with van der Waals surface area (Å²) in [6, 6.07) is 0. The number of primary amides is 2. The van der Waals surface area contributed by atoms with E-state index in [1.165, 1.54) is 0 Å². The lowest BCUT2D eigenvalue weighted by Gasteiger charge is -2.03. The van der Waals surface area contributed by atoms with E-state index in [9.17, 15) is 19.2 Å². The molecule has 0 bridgehead atoms. The van der Waals surface area contributed by atoms with Crippen LogP contribution in [0.5, 0.6) is 0 Å². The fourth-order valence-electron chi connectivity index (χ4n) is 1.18. The van der Waals surface area contributed by atoms with Gasteiger partial charge in [0.15, 0.2) is 9.04 Å². The van der Waals surface area contributed by atoms with Crippen LogP contribution in [0.2, 0.25) is 13.1 Å². The molecule has 0 heterocycles. The number of amides is 2. The standard InChI is InChI=1S/2C7H12N2O3.C2H10OSi2/c2*1-2-3-9-5(7(11)12)4-6(8)10;1-5(2)3-4/h2*4,9H,2-3H2,1H3,(H2,8,10)(H,11,12);5H,1-2,4H3/b2*5-4+;. The van der Waals surface area contributed by atoms with E-state index in [2.05, 4.69) is 23.7 Å². The van der Waals surface area contributed by atoms with E-state index in [1.54, 1.807) is 0 Å². The van der Waals surface area contributed by atoms with Crippen LogP contribution in [0, 0.1) is 0 Å². The number of hydrogen-bond acceptors (Lipinski definition) is 7. The van der Waals surface area contributed by atoms with Crippen molar-refractivity contribution in [3.63, 3.8) is 0 Å². The SMILES string of the molecule is CCCN/C(=C/C(N)=O)C(=O)O.CCCN/C(=C/C(N)=O)C(=O)O.C[SiH](C)O[SiH3]. The van der Waals surface area contributed by atoms with Gasteiger partial charge in [-0.05, 0) is 25.9 Å². The molecule has 0 radical (unpaired) electrons. The van der Waals surface area contributed by atoms with Gasteiger partial charge in [-0.1, -0.05) is 13.8 Å². The average Bonchev–Trinajstić information content (AvgIpc) is 2.62. The Balaban J connectivity index is -0.000000380. The molecule has 2 amide bonds. The van der Waals surface area contributed by atoms with E-state index in [0.29, 0.717) is 13.1 Å². The lowest BCUT2D eigenvalue weighted by Crippen LogP contribution is -2.23. The number of nitrogens with two attached hydrogens (primary N) is 2. The summed E-state index contributed by atoms with van der Waals surface area (Å²) in [6.07, 6.45) is 3.28. The van der Waals surface area contributed by atoms with Crippen molar-refractivity contribution in [3.05, 3.63) is 23.5 Å². The van der Waals surface area contributed by atoms with Crippen LogP contribution in [0.3, 0.4) is 0 Å². The molecule has 0 rings (SSSR count). The summed E-state index contributed by atoms with van der Waals surface area (Å²) in [4.78, 5) is 41.4. The molecule has 0 aromatic heterocycles. The molecular weight excluding hydrogens is 416 g/mol. The molecular formula is C16H34N4O7Si2. The van der Waals surface area contributed by atoms with Gasteiger partial charge in [-0.15, -0.1) is 0 Å². The van der Waals surface area contributed by atoms with Crippen LogP contribution in [-0.2, 0) is 23.3 Å². The van der Waals surface area contributed by atoms with E-state index in [1.807, 2.05) is 13.8 Å². The minimum Gasteiger partial charge on any atom is -0.477 e. The first kappa shape index (κ1) is 31.1. The average molecular weight is 451 g/mol. The third-order valence-corrected chi connectivity index (χ3v) is 6.41. The van der Waals surface area contributed by atoms with Gasteiger partial charge in [0.1, 0.15) is 21.9 Å². The van der Waals surface area contributed by atoms with Gasteiger partial charge in [0.2, 0.25) is 11.8 Å². The molecule has 0 aromatic rings. The van der Waals surface area contributed by atoms with Gasteiger partial charge in [0.05, 0.1) is 0 Å². The molecule has 168 valence electrons. The maximum Gasteiger partial charge on any atom is 0.352 e. The lowest BCUT2D eigenvalue weighted by molar-refractivity contribution is -0.134. The summed E-state index contributed by atoms with van der Waals surface area (Å²) in [5.41, 5.74) is 9.24. The summed E-state index contributed by atoms with van der Waals surface area (Å²) >= 11 is 0. The van der Waals surface area contributed by atoms with Crippen molar-refractivity contribution in [2.75, 3.05) is 13.1 Å². The fraction of sp³-hybridized carbons (Fsp3) is 0.500. The highest BCUT2D eigenvalue weighted by Crippen LogP contribution is 1.89. The minimum atomic E-state index is -1.18. The second kappa shape index (κ2) is 20.1. The summed E-state index contributed by atoms with van der Waals surface area (Å²) in [5, 5.41) is 22.1. The van der Waals surface area contributed by atoms with Crippen molar-refractivity contribution in [2.45, 2.75) is 39.8 Å². The van der Waals surface area contributed by atoms with Crippen molar-refractivity contribution in [1.29, 1.82) is 0 Å². The van der Waals surface area contributed by atoms with Crippen molar-refractivity contribution >= 4 is 43.3 Å². The van der Waals surface area contributed by atoms with Gasteiger partial charge in [-0.2, -0.15) is 0 Å². The molecule has 0 unspecified atom stereocenters. The first-order valence-corrected chi connectivity index (χ1v) is 12.5. The predicted molar refractivity (Wildman–Crippen MR) is 116 cm³/mol. The van der Waals surface area contributed by atoms with Gasteiger partial charge in [0, 0.05) is 25.2 Å². The van der Waals surface area contributed by atoms with E-state index in [0.717, 1.165) is 35.5 Å². The van der Waals surface area contributed by atoms with Crippen LogP contribution in [0.1, 0.15) is 26.7 Å². The highest BCUT2D eigenvalue weighted by molar-refractivity contribution is 6.52. The number of carboxylic acids is 2. The maximum absolute atomic E-state index is 10.4. The monoisotopic (exact) mass is 450 g/mol. The molecule has 29 heavy (non-hydrogen) atoms. The Labute approximate surface area is 175 Å². The number of hydrogen-bond donors (Lipinski definition) is 6. The molecule has 0 aliphatic carbocycles. The van der Waals surface area contributed by atoms with E-state index < -0.39 is 32.8 Å². The largest absolute Gasteiger partial charge is 0.477 e. The van der Waals surface area contributed by atoms with Gasteiger partial charge in [0.25, 0.3) is 0 Å². The Hall–Kier alpha value is -2.65. The summed E-state index contributed by atoms with van der Waals surface area (Å²) in [6.45, 7) is 9.13. The van der Waals surface area contributed by atoms with Crippen LogP contribution >= 0.6 is 0 Å². The molecule has 0 fully saturated rings. The van der Waals surface area contributed by atoms with E-state index in [4.69, 9.17) is 25.8 Å². The van der Waals surface area contributed by atoms with Gasteiger partial charge < -0.3 is 36.4 Å². The molecule has 0 aliphatic rings. The minimum absolute atomic E-state index is 0.163. The Morgan fingerprint density at radius 1 is 0.897 bits per heavy atom. The Bertz CT molecular complexity index is 536. The highest BCUT2D eigenvalue weighted by atomic mass is 28.3. The normalized spacial score (nSPS) is 10.8. The highest BCUT2D eigenvalue weighted by Gasteiger charge is 2.07. The van der Waals surface area contributed by atoms with Gasteiger partial charge >= 0.3 is 11.9 Å². The van der Waals surface area contributed by atoms with Crippen molar-refractivity contribution in [2.24, 2.45) is 11.5 Å². The number of carbonyl (C=O) groups excluding carboxylic acids is 2. The van der Waals surface area contributed by atoms with Crippen LogP contribution in [0.4, 0.5) is 0 Å². The summed E-state index contributed by atoms with van der Waals surface area (Å²) < 4.78 is 5.03. The second-order valence-corrected chi connectivity index (χ2v) is 9.65. The molecule has 8 N–H and O–H groups in total. The van der Waals surface area contributed by atoms with E-state index in [-0.39, 0.29) is 11.4 Å². The number of rotatable bonds is 11. The molecule has 0 spiro atoms. The molecule has 0 atom stereocenters. The molecule has 0 saturated heterocycles. The number of carboxylic acid groups (broad SMARTS) is 2. The quantitative estimate of drug-likeness (QED) is 0.155. The zero-order valence-electron chi connectivity index (χ0n) is 17.7. The Morgan fingerprint density at radius 2 is 1.17 bits per heavy atom. The molecule has 0 saturated carbocycles. The topological polar surface area (TPSA) is 194 Å². The Kier molecular flexibility index (Phi) is 21.5. The van der Waals surface area contributed by atoms with Crippen LogP contribution in [-0.4, -0.2) is 66.6 Å². The maximum atomic E-state index is 10.4. The van der Waals surface area contributed by atoms with Crippen LogP contribution < -0.4 is 22.1 Å². The van der Waals surface area contributed by atoms with Crippen LogP contribution in [0.15, 0.2) is 23.5 Å². The number of aliphatic carboxylic acids is 2. The summed E-state index contributed by atoms with van der Waals surface area (Å²) in [7, 11) is 0.347. The molecule has 0 aromatic carbocycles. The second-order valence-electron chi connectivity index (χ2n) is 5.67. The smallest absolute Gasteiger partial charge is 0.352 e. The third kappa shape index (κ3) is 25.4. The van der Waals surface area contributed by atoms with Crippen molar-refractivity contribution in [1.82, 2.24) is 10.6 Å². The number of carbonyl (C=O) groups is 4. The fourth-order valence-corrected chi connectivity index (χ4v) is 1.18. The van der Waals surface area contributed by atoms with E-state index >= 15 is 0 Å². The zero-order valence-corrected chi connectivity index (χ0v) is 20.8. The van der Waals surface area contributed by atoms with Gasteiger partial charge in [-0.25, -0.2) is 9.59 Å². The summed E-state index contributed by atoms with van der Waals surface area (Å²) in [5.74, 6) is -3.89. The first-order valence-electron chi connectivity index (χ1n) is 8.92. The third-order valence-electron chi connectivity index (χ3n) is 2.64. The number of nitrogens with one attached hydrogen (secondary N) is 2. The predicted octanol–water partition coefficient (Wildman–Crippen LogP) is -1.85. The molecule has 11 nitrogen and oxygen atoms in total. The zero-order chi connectivity index (χ0) is 23.4. The molecule has 0 aliphatic heterocycles.